The number of rotatable bonds is 8. The van der Waals surface area contributed by atoms with E-state index >= 15 is 0 Å². The smallest absolute Gasteiger partial charge is 0.0253 e. The largest absolute Gasteiger partial charge is 0.0625 e. The minimum absolute atomic E-state index is 0.730. The SMILES string of the molecule is CC(C)Cc1cc(CC(C)C)c(CC(C)C)cc1CC(C)C. The number of hydrogen-bond donors (Lipinski definition) is 0. The van der Waals surface area contributed by atoms with E-state index in [0.717, 1.165) is 23.7 Å². The zero-order valence-electron chi connectivity index (χ0n) is 16.3. The van der Waals surface area contributed by atoms with Crippen molar-refractivity contribution in [3.63, 3.8) is 0 Å². The van der Waals surface area contributed by atoms with Gasteiger partial charge in [0.15, 0.2) is 0 Å². The lowest BCUT2D eigenvalue weighted by atomic mass is 9.85. The summed E-state index contributed by atoms with van der Waals surface area (Å²) in [6, 6.07) is 5.10. The number of hydrogen-bond acceptors (Lipinski definition) is 0. The number of benzene rings is 1. The first-order valence-electron chi connectivity index (χ1n) is 9.32. The highest BCUT2D eigenvalue weighted by molar-refractivity contribution is 5.40. The molecule has 1 rings (SSSR count). The maximum atomic E-state index is 2.55. The lowest BCUT2D eigenvalue weighted by Gasteiger charge is -2.21. The fourth-order valence-corrected chi connectivity index (χ4v) is 3.31. The fraction of sp³-hybridized carbons (Fsp3) is 0.727. The third kappa shape index (κ3) is 6.55. The van der Waals surface area contributed by atoms with Gasteiger partial charge < -0.3 is 0 Å². The average Bonchev–Trinajstić information content (AvgIpc) is 2.31. The van der Waals surface area contributed by atoms with E-state index in [0.29, 0.717) is 0 Å². The summed E-state index contributed by atoms with van der Waals surface area (Å²) in [5, 5.41) is 0. The molecule has 0 aliphatic rings. The Balaban J connectivity index is 3.27. The standard InChI is InChI=1S/C22H38/c1-15(2)9-19-13-21(11-17(5)6)22(12-18(7)8)14-20(19)10-16(3)4/h13-18H,9-12H2,1-8H3. The molecule has 0 heteroatoms. The van der Waals surface area contributed by atoms with Crippen LogP contribution in [0.25, 0.3) is 0 Å². The second-order valence-electron chi connectivity index (χ2n) is 8.78. The van der Waals surface area contributed by atoms with Crippen LogP contribution in [0.1, 0.15) is 77.6 Å². The maximum absolute atomic E-state index is 2.55. The molecular formula is C22H38. The van der Waals surface area contributed by atoms with Crippen LogP contribution in [0, 0.1) is 23.7 Å². The van der Waals surface area contributed by atoms with Gasteiger partial charge in [-0.1, -0.05) is 67.5 Å². The molecule has 0 spiro atoms. The van der Waals surface area contributed by atoms with Gasteiger partial charge in [0, 0.05) is 0 Å². The van der Waals surface area contributed by atoms with Gasteiger partial charge >= 0.3 is 0 Å². The van der Waals surface area contributed by atoms with Gasteiger partial charge in [-0.25, -0.2) is 0 Å². The summed E-state index contributed by atoms with van der Waals surface area (Å²) in [6.45, 7) is 18.7. The van der Waals surface area contributed by atoms with E-state index in [4.69, 9.17) is 0 Å². The van der Waals surface area contributed by atoms with E-state index < -0.39 is 0 Å². The van der Waals surface area contributed by atoms with Crippen LogP contribution < -0.4 is 0 Å². The van der Waals surface area contributed by atoms with Gasteiger partial charge in [0.1, 0.15) is 0 Å². The summed E-state index contributed by atoms with van der Waals surface area (Å²) in [7, 11) is 0. The molecule has 0 aliphatic carbocycles. The predicted octanol–water partition coefficient (Wildman–Crippen LogP) is 6.48. The normalized spacial score (nSPS) is 12.2. The molecule has 0 atom stereocenters. The van der Waals surface area contributed by atoms with E-state index in [9.17, 15) is 0 Å². The molecule has 126 valence electrons. The van der Waals surface area contributed by atoms with Crippen molar-refractivity contribution in [1.82, 2.24) is 0 Å². The molecule has 0 nitrogen and oxygen atoms in total. The Morgan fingerprint density at radius 3 is 0.773 bits per heavy atom. The summed E-state index contributed by atoms with van der Waals surface area (Å²) < 4.78 is 0. The van der Waals surface area contributed by atoms with Gasteiger partial charge in [-0.05, 0) is 71.6 Å². The second-order valence-corrected chi connectivity index (χ2v) is 8.78. The topological polar surface area (TPSA) is 0 Å². The van der Waals surface area contributed by atoms with Crippen LogP contribution in [-0.4, -0.2) is 0 Å². The zero-order chi connectivity index (χ0) is 16.9. The monoisotopic (exact) mass is 302 g/mol. The lowest BCUT2D eigenvalue weighted by molar-refractivity contribution is 0.598. The van der Waals surface area contributed by atoms with Crippen molar-refractivity contribution in [2.75, 3.05) is 0 Å². The first-order chi connectivity index (χ1) is 10.2. The van der Waals surface area contributed by atoms with Crippen LogP contribution in [-0.2, 0) is 25.7 Å². The lowest BCUT2D eigenvalue weighted by Crippen LogP contribution is -2.09. The molecule has 0 bridgehead atoms. The molecule has 0 radical (unpaired) electrons. The maximum Gasteiger partial charge on any atom is -0.0253 e. The Morgan fingerprint density at radius 1 is 0.455 bits per heavy atom. The summed E-state index contributed by atoms with van der Waals surface area (Å²) in [6.07, 6.45) is 4.87. The second kappa shape index (κ2) is 8.75. The molecule has 0 heterocycles. The van der Waals surface area contributed by atoms with Gasteiger partial charge in [-0.3, -0.25) is 0 Å². The van der Waals surface area contributed by atoms with E-state index in [1.807, 2.05) is 0 Å². The van der Waals surface area contributed by atoms with Crippen molar-refractivity contribution < 1.29 is 0 Å². The third-order valence-electron chi connectivity index (χ3n) is 4.03. The van der Waals surface area contributed by atoms with Crippen molar-refractivity contribution in [3.8, 4) is 0 Å². The molecule has 0 aliphatic heterocycles. The van der Waals surface area contributed by atoms with Crippen molar-refractivity contribution >= 4 is 0 Å². The Kier molecular flexibility index (Phi) is 7.66. The van der Waals surface area contributed by atoms with Gasteiger partial charge in [-0.15, -0.1) is 0 Å². The Labute approximate surface area is 139 Å². The summed E-state index contributed by atoms with van der Waals surface area (Å²) in [5.74, 6) is 2.92. The van der Waals surface area contributed by atoms with E-state index in [1.54, 1.807) is 22.3 Å². The predicted molar refractivity (Wildman–Crippen MR) is 101 cm³/mol. The van der Waals surface area contributed by atoms with Crippen LogP contribution in [0.15, 0.2) is 12.1 Å². The van der Waals surface area contributed by atoms with Gasteiger partial charge in [-0.2, -0.15) is 0 Å². The Morgan fingerprint density at radius 2 is 0.636 bits per heavy atom. The third-order valence-corrected chi connectivity index (χ3v) is 4.03. The molecule has 22 heavy (non-hydrogen) atoms. The minimum atomic E-state index is 0.730. The first-order valence-corrected chi connectivity index (χ1v) is 9.32. The van der Waals surface area contributed by atoms with E-state index in [-0.39, 0.29) is 0 Å². The first kappa shape index (κ1) is 19.3. The molecule has 0 saturated heterocycles. The Bertz CT molecular complexity index is 367. The molecule has 0 fully saturated rings. The van der Waals surface area contributed by atoms with Crippen LogP contribution in [0.2, 0.25) is 0 Å². The van der Waals surface area contributed by atoms with Crippen LogP contribution in [0.5, 0.6) is 0 Å². The van der Waals surface area contributed by atoms with E-state index in [1.165, 1.54) is 25.7 Å². The van der Waals surface area contributed by atoms with Crippen molar-refractivity contribution in [2.24, 2.45) is 23.7 Å². The molecular weight excluding hydrogens is 264 g/mol. The molecule has 1 aromatic carbocycles. The molecule has 1 aromatic rings. The molecule has 0 aromatic heterocycles. The van der Waals surface area contributed by atoms with E-state index in [2.05, 4.69) is 67.5 Å². The summed E-state index contributed by atoms with van der Waals surface area (Å²) in [5.41, 5.74) is 6.41. The van der Waals surface area contributed by atoms with Crippen LogP contribution >= 0.6 is 0 Å². The highest BCUT2D eigenvalue weighted by atomic mass is 14.2. The minimum Gasteiger partial charge on any atom is -0.0625 e. The Hall–Kier alpha value is -0.780. The van der Waals surface area contributed by atoms with Gasteiger partial charge in [0.05, 0.1) is 0 Å². The molecule has 0 saturated carbocycles. The van der Waals surface area contributed by atoms with Crippen molar-refractivity contribution in [2.45, 2.75) is 81.1 Å². The molecule has 0 N–H and O–H groups in total. The highest BCUT2D eigenvalue weighted by Crippen LogP contribution is 2.26. The van der Waals surface area contributed by atoms with Crippen LogP contribution in [0.3, 0.4) is 0 Å². The van der Waals surface area contributed by atoms with Crippen molar-refractivity contribution in [3.05, 3.63) is 34.4 Å². The summed E-state index contributed by atoms with van der Waals surface area (Å²) >= 11 is 0. The zero-order valence-corrected chi connectivity index (χ0v) is 16.3. The molecule has 0 amide bonds. The summed E-state index contributed by atoms with van der Waals surface area (Å²) in [4.78, 5) is 0. The van der Waals surface area contributed by atoms with Crippen molar-refractivity contribution in [1.29, 1.82) is 0 Å². The van der Waals surface area contributed by atoms with Crippen LogP contribution in [0.4, 0.5) is 0 Å². The van der Waals surface area contributed by atoms with Gasteiger partial charge in [0.25, 0.3) is 0 Å². The fourth-order valence-electron chi connectivity index (χ4n) is 3.31. The average molecular weight is 303 g/mol. The highest BCUT2D eigenvalue weighted by Gasteiger charge is 2.14. The molecule has 0 unspecified atom stereocenters. The van der Waals surface area contributed by atoms with Gasteiger partial charge in [0.2, 0.25) is 0 Å². The quantitative estimate of drug-likeness (QED) is 0.515.